The monoisotopic (exact) mass is 253 g/mol. The molecule has 1 fully saturated rings. The third-order valence-electron chi connectivity index (χ3n) is 3.56. The summed E-state index contributed by atoms with van der Waals surface area (Å²) in [7, 11) is 0. The summed E-state index contributed by atoms with van der Waals surface area (Å²) in [5.41, 5.74) is 1.04. The van der Waals surface area contributed by atoms with Crippen LogP contribution in [0.1, 0.15) is 5.56 Å². The van der Waals surface area contributed by atoms with Crippen LogP contribution in [0.3, 0.4) is 0 Å². The molecule has 0 radical (unpaired) electrons. The van der Waals surface area contributed by atoms with Crippen LogP contribution in [0.5, 0.6) is 0 Å². The molecule has 0 amide bonds. The molecule has 0 aliphatic heterocycles. The molecule has 0 aromatic heterocycles. The minimum atomic E-state index is -1.21. The minimum absolute atomic E-state index is 0.276. The van der Waals surface area contributed by atoms with Crippen molar-refractivity contribution in [3.63, 3.8) is 0 Å². The highest BCUT2D eigenvalue weighted by atomic mass is 16.4. The normalized spacial score (nSPS) is 35.9. The number of aliphatic hydroxyl groups is 4. The van der Waals surface area contributed by atoms with E-state index in [1.807, 2.05) is 30.3 Å². The van der Waals surface area contributed by atoms with Gasteiger partial charge in [-0.15, -0.1) is 0 Å². The van der Waals surface area contributed by atoms with Gasteiger partial charge in [-0.1, -0.05) is 30.3 Å². The molecule has 2 rings (SSSR count). The first-order valence-electron chi connectivity index (χ1n) is 6.07. The fourth-order valence-electron chi connectivity index (χ4n) is 2.46. The van der Waals surface area contributed by atoms with Gasteiger partial charge in [0.2, 0.25) is 0 Å². The molecule has 5 atom stereocenters. The summed E-state index contributed by atoms with van der Waals surface area (Å²) in [5, 5.41) is 41.4. The molecule has 0 bridgehead atoms. The van der Waals surface area contributed by atoms with Crippen LogP contribution >= 0.6 is 0 Å². The van der Waals surface area contributed by atoms with Gasteiger partial charge in [0.1, 0.15) is 6.10 Å². The number of aliphatic hydroxyl groups excluding tert-OH is 4. The number of nitrogens with one attached hydrogen (secondary N) is 1. The van der Waals surface area contributed by atoms with E-state index in [4.69, 9.17) is 0 Å². The average Bonchev–Trinajstić information content (AvgIpc) is 2.61. The van der Waals surface area contributed by atoms with E-state index in [-0.39, 0.29) is 6.61 Å². The van der Waals surface area contributed by atoms with Gasteiger partial charge in [-0.3, -0.25) is 0 Å². The first-order valence-corrected chi connectivity index (χ1v) is 6.07. The van der Waals surface area contributed by atoms with E-state index in [1.54, 1.807) is 0 Å². The van der Waals surface area contributed by atoms with Gasteiger partial charge in [-0.2, -0.15) is 0 Å². The molecule has 5 heteroatoms. The number of hydrogen-bond acceptors (Lipinski definition) is 5. The third-order valence-corrected chi connectivity index (χ3v) is 3.56. The van der Waals surface area contributed by atoms with Crippen molar-refractivity contribution in [3.8, 4) is 0 Å². The molecule has 1 aliphatic carbocycles. The van der Waals surface area contributed by atoms with E-state index in [1.165, 1.54) is 0 Å². The minimum Gasteiger partial charge on any atom is -0.396 e. The van der Waals surface area contributed by atoms with Gasteiger partial charge in [-0.05, 0) is 5.56 Å². The molecule has 1 aliphatic rings. The zero-order valence-corrected chi connectivity index (χ0v) is 9.98. The van der Waals surface area contributed by atoms with Crippen LogP contribution in [0, 0.1) is 5.92 Å². The third kappa shape index (κ3) is 2.55. The number of rotatable bonds is 4. The molecule has 0 unspecified atom stereocenters. The first-order chi connectivity index (χ1) is 8.65. The quantitative estimate of drug-likeness (QED) is 0.467. The second kappa shape index (κ2) is 5.77. The molecule has 1 saturated carbocycles. The topological polar surface area (TPSA) is 93.0 Å². The van der Waals surface area contributed by atoms with Gasteiger partial charge in [0, 0.05) is 18.5 Å². The average molecular weight is 253 g/mol. The maximum atomic E-state index is 9.82. The Morgan fingerprint density at radius 2 is 1.61 bits per heavy atom. The Morgan fingerprint density at radius 3 is 2.22 bits per heavy atom. The van der Waals surface area contributed by atoms with Crippen LogP contribution in [0.15, 0.2) is 30.3 Å². The molecule has 18 heavy (non-hydrogen) atoms. The van der Waals surface area contributed by atoms with E-state index in [0.717, 1.165) is 5.56 Å². The molecule has 0 saturated heterocycles. The zero-order valence-electron chi connectivity index (χ0n) is 9.98. The largest absolute Gasteiger partial charge is 0.396 e. The van der Waals surface area contributed by atoms with Crippen molar-refractivity contribution in [1.82, 2.24) is 5.32 Å². The van der Waals surface area contributed by atoms with Crippen molar-refractivity contribution in [1.29, 1.82) is 0 Å². The highest BCUT2D eigenvalue weighted by molar-refractivity contribution is 5.15. The molecule has 0 spiro atoms. The predicted octanol–water partition coefficient (Wildman–Crippen LogP) is -1.15. The van der Waals surface area contributed by atoms with Crippen molar-refractivity contribution in [2.75, 3.05) is 6.61 Å². The van der Waals surface area contributed by atoms with E-state index in [0.29, 0.717) is 6.54 Å². The molecule has 100 valence electrons. The standard InChI is InChI=1S/C13H19NO4/c15-7-9-10(12(17)13(18)11(9)16)14-6-8-4-2-1-3-5-8/h1-5,9-18H,6-7H2/t9-,10+,11-,12-,13-/m0/s1. The second-order valence-corrected chi connectivity index (χ2v) is 4.71. The summed E-state index contributed by atoms with van der Waals surface area (Å²) < 4.78 is 0. The molecular weight excluding hydrogens is 234 g/mol. The molecular formula is C13H19NO4. The van der Waals surface area contributed by atoms with Crippen LogP contribution < -0.4 is 5.32 Å². The van der Waals surface area contributed by atoms with Crippen LogP contribution in [-0.2, 0) is 6.54 Å². The summed E-state index contributed by atoms with van der Waals surface area (Å²) in [6.45, 7) is 0.236. The first kappa shape index (κ1) is 13.5. The van der Waals surface area contributed by atoms with Gasteiger partial charge < -0.3 is 25.7 Å². The van der Waals surface area contributed by atoms with Crippen molar-refractivity contribution >= 4 is 0 Å². The molecule has 1 aromatic carbocycles. The van der Waals surface area contributed by atoms with Gasteiger partial charge in [0.05, 0.1) is 18.8 Å². The second-order valence-electron chi connectivity index (χ2n) is 4.71. The van der Waals surface area contributed by atoms with Crippen LogP contribution in [0.4, 0.5) is 0 Å². The van der Waals surface area contributed by atoms with E-state index >= 15 is 0 Å². The van der Waals surface area contributed by atoms with Gasteiger partial charge in [0.25, 0.3) is 0 Å². The van der Waals surface area contributed by atoms with E-state index in [9.17, 15) is 20.4 Å². The SMILES string of the molecule is OC[C@@H]1[C@H](O)[C@H](O)[C@@H](O)[C@@H]1NCc1ccccc1. The fraction of sp³-hybridized carbons (Fsp3) is 0.538. The van der Waals surface area contributed by atoms with Gasteiger partial charge in [-0.25, -0.2) is 0 Å². The summed E-state index contributed by atoms with van der Waals surface area (Å²) in [6, 6.07) is 9.10. The molecule has 5 nitrogen and oxygen atoms in total. The highest BCUT2D eigenvalue weighted by Gasteiger charge is 2.48. The Bertz CT molecular complexity index is 373. The Balaban J connectivity index is 1.99. The maximum Gasteiger partial charge on any atom is 0.108 e. The van der Waals surface area contributed by atoms with Crippen LogP contribution in [-0.4, -0.2) is 51.4 Å². The lowest BCUT2D eigenvalue weighted by Gasteiger charge is -2.22. The zero-order chi connectivity index (χ0) is 13.1. The van der Waals surface area contributed by atoms with Gasteiger partial charge >= 0.3 is 0 Å². The molecule has 5 N–H and O–H groups in total. The lowest BCUT2D eigenvalue weighted by atomic mass is 10.0. The summed E-state index contributed by atoms with van der Waals surface area (Å²) >= 11 is 0. The Labute approximate surface area is 106 Å². The van der Waals surface area contributed by atoms with Crippen molar-refractivity contribution < 1.29 is 20.4 Å². The predicted molar refractivity (Wildman–Crippen MR) is 65.7 cm³/mol. The summed E-state index contributed by atoms with van der Waals surface area (Å²) in [6.07, 6.45) is -3.38. The van der Waals surface area contributed by atoms with Crippen molar-refractivity contribution in [2.24, 2.45) is 5.92 Å². The van der Waals surface area contributed by atoms with Crippen molar-refractivity contribution in [2.45, 2.75) is 30.9 Å². The Kier molecular flexibility index (Phi) is 4.31. The molecule has 0 heterocycles. The van der Waals surface area contributed by atoms with Crippen LogP contribution in [0.2, 0.25) is 0 Å². The maximum absolute atomic E-state index is 9.82. The summed E-state index contributed by atoms with van der Waals surface area (Å²) in [4.78, 5) is 0. The Hall–Kier alpha value is -0.980. The number of benzene rings is 1. The van der Waals surface area contributed by atoms with Gasteiger partial charge in [0.15, 0.2) is 0 Å². The smallest absolute Gasteiger partial charge is 0.108 e. The van der Waals surface area contributed by atoms with Crippen LogP contribution in [0.25, 0.3) is 0 Å². The van der Waals surface area contributed by atoms with E-state index < -0.39 is 30.3 Å². The molecule has 1 aromatic rings. The van der Waals surface area contributed by atoms with Crippen molar-refractivity contribution in [3.05, 3.63) is 35.9 Å². The Morgan fingerprint density at radius 1 is 0.944 bits per heavy atom. The lowest BCUT2D eigenvalue weighted by molar-refractivity contribution is -0.0312. The fourth-order valence-corrected chi connectivity index (χ4v) is 2.46. The van der Waals surface area contributed by atoms with E-state index in [2.05, 4.69) is 5.32 Å². The number of hydrogen-bond donors (Lipinski definition) is 5. The lowest BCUT2D eigenvalue weighted by Crippen LogP contribution is -2.43. The summed E-state index contributed by atoms with van der Waals surface area (Å²) in [5.74, 6) is -0.557. The highest BCUT2D eigenvalue weighted by Crippen LogP contribution is 2.27.